The number of hydrogen-bond donors (Lipinski definition) is 3. The number of benzene rings is 1. The first kappa shape index (κ1) is 18.9. The number of rotatable bonds is 4. The molecular formula is C19H21N3O4S2. The minimum absolute atomic E-state index is 0.0100. The topological polar surface area (TPSA) is 108 Å². The van der Waals surface area contributed by atoms with E-state index in [2.05, 4.69) is 21.3 Å². The normalized spacial score (nSPS) is 16.0. The van der Waals surface area contributed by atoms with Crippen molar-refractivity contribution in [3.63, 3.8) is 0 Å². The molecule has 1 aromatic heterocycles. The Balaban J connectivity index is 1.56. The van der Waals surface area contributed by atoms with E-state index in [0.29, 0.717) is 11.3 Å². The Bertz CT molecular complexity index is 1050. The van der Waals surface area contributed by atoms with E-state index >= 15 is 0 Å². The highest BCUT2D eigenvalue weighted by Crippen LogP contribution is 2.38. The van der Waals surface area contributed by atoms with E-state index in [1.165, 1.54) is 17.2 Å². The van der Waals surface area contributed by atoms with Crippen LogP contribution in [-0.4, -0.2) is 25.4 Å². The van der Waals surface area contributed by atoms with Gasteiger partial charge in [-0.25, -0.2) is 17.9 Å². The van der Waals surface area contributed by atoms with Crippen molar-refractivity contribution >= 4 is 38.8 Å². The zero-order chi connectivity index (χ0) is 19.9. The first-order chi connectivity index (χ1) is 13.4. The van der Waals surface area contributed by atoms with Gasteiger partial charge in [0.1, 0.15) is 4.21 Å². The number of oxime groups is 1. The van der Waals surface area contributed by atoms with Crippen LogP contribution < -0.4 is 10.0 Å². The van der Waals surface area contributed by atoms with Gasteiger partial charge in [-0.2, -0.15) is 0 Å². The molecule has 0 saturated heterocycles. The fourth-order valence-corrected chi connectivity index (χ4v) is 6.11. The van der Waals surface area contributed by atoms with E-state index in [0.717, 1.165) is 66.7 Å². The second kappa shape index (κ2) is 7.21. The largest absolute Gasteiger partial charge is 0.411 e. The number of nitrogens with one attached hydrogen (secondary N) is 2. The number of anilines is 1. The highest BCUT2D eigenvalue weighted by molar-refractivity contribution is 7.92. The standard InChI is InChI=1S/C19H21N3O4S2/c1-11(21-24)14-9-17(27-10-14)28(25,26)22-19(23)20-18-15-6-2-4-12(15)8-13-5-3-7-16(13)18/h8-10,24H,2-7H2,1H3,(H2,20,22,23). The molecule has 2 aliphatic carbocycles. The van der Waals surface area contributed by atoms with Gasteiger partial charge in [-0.05, 0) is 73.8 Å². The quantitative estimate of drug-likeness (QED) is 0.401. The van der Waals surface area contributed by atoms with Crippen LogP contribution in [0.15, 0.2) is 26.9 Å². The summed E-state index contributed by atoms with van der Waals surface area (Å²) in [5.74, 6) is 0. The molecule has 0 aliphatic heterocycles. The van der Waals surface area contributed by atoms with Crippen molar-refractivity contribution in [2.24, 2.45) is 5.16 Å². The first-order valence-corrected chi connectivity index (χ1v) is 11.5. The number of carbonyl (C=O) groups is 1. The fraction of sp³-hybridized carbons (Fsp3) is 0.368. The van der Waals surface area contributed by atoms with E-state index in [1.54, 1.807) is 12.3 Å². The highest BCUT2D eigenvalue weighted by atomic mass is 32.2. The Morgan fingerprint density at radius 3 is 2.36 bits per heavy atom. The predicted octanol–water partition coefficient (Wildman–Crippen LogP) is 3.43. The minimum Gasteiger partial charge on any atom is -0.411 e. The Kier molecular flexibility index (Phi) is 4.88. The summed E-state index contributed by atoms with van der Waals surface area (Å²) in [6.07, 6.45) is 5.91. The van der Waals surface area contributed by atoms with Crippen molar-refractivity contribution in [1.29, 1.82) is 0 Å². The maximum atomic E-state index is 12.6. The molecule has 0 unspecified atom stereocenters. The number of amides is 2. The van der Waals surface area contributed by atoms with Gasteiger partial charge >= 0.3 is 6.03 Å². The summed E-state index contributed by atoms with van der Waals surface area (Å²) in [5, 5.41) is 16.3. The van der Waals surface area contributed by atoms with Gasteiger partial charge in [0.05, 0.1) is 5.71 Å². The van der Waals surface area contributed by atoms with Gasteiger partial charge in [0.2, 0.25) is 0 Å². The maximum Gasteiger partial charge on any atom is 0.333 e. The summed E-state index contributed by atoms with van der Waals surface area (Å²) in [5.41, 5.74) is 6.40. The summed E-state index contributed by atoms with van der Waals surface area (Å²) >= 11 is 0.966. The van der Waals surface area contributed by atoms with Gasteiger partial charge in [0.25, 0.3) is 10.0 Å². The lowest BCUT2D eigenvalue weighted by molar-refractivity contribution is 0.256. The van der Waals surface area contributed by atoms with Gasteiger partial charge in [0.15, 0.2) is 0 Å². The molecule has 7 nitrogen and oxygen atoms in total. The molecule has 0 radical (unpaired) electrons. The lowest BCUT2D eigenvalue weighted by Crippen LogP contribution is -2.34. The molecule has 0 atom stereocenters. The number of nitrogens with zero attached hydrogens (tertiary/aromatic N) is 1. The Morgan fingerprint density at radius 2 is 1.75 bits per heavy atom. The monoisotopic (exact) mass is 419 g/mol. The minimum atomic E-state index is -4.01. The second-order valence-electron chi connectivity index (χ2n) is 7.13. The van der Waals surface area contributed by atoms with Gasteiger partial charge in [-0.1, -0.05) is 11.2 Å². The van der Waals surface area contributed by atoms with Gasteiger partial charge < -0.3 is 10.5 Å². The van der Waals surface area contributed by atoms with Crippen molar-refractivity contribution < 1.29 is 18.4 Å². The maximum absolute atomic E-state index is 12.6. The molecule has 2 aliphatic rings. The van der Waals surface area contributed by atoms with Gasteiger partial charge in [-0.15, -0.1) is 11.3 Å². The first-order valence-electron chi connectivity index (χ1n) is 9.17. The molecule has 2 aromatic rings. The molecular weight excluding hydrogens is 398 g/mol. The van der Waals surface area contributed by atoms with Crippen LogP contribution in [0.3, 0.4) is 0 Å². The van der Waals surface area contributed by atoms with Crippen LogP contribution in [0.1, 0.15) is 47.6 Å². The number of sulfonamides is 1. The van der Waals surface area contributed by atoms with Crippen LogP contribution in [-0.2, 0) is 35.7 Å². The molecule has 28 heavy (non-hydrogen) atoms. The van der Waals surface area contributed by atoms with Crippen LogP contribution in [0, 0.1) is 0 Å². The molecule has 0 spiro atoms. The van der Waals surface area contributed by atoms with Crippen molar-refractivity contribution in [2.75, 3.05) is 5.32 Å². The average Bonchev–Trinajstić information content (AvgIpc) is 3.39. The molecule has 0 fully saturated rings. The predicted molar refractivity (Wildman–Crippen MR) is 108 cm³/mol. The lowest BCUT2D eigenvalue weighted by Gasteiger charge is -2.16. The zero-order valence-electron chi connectivity index (χ0n) is 15.4. The lowest BCUT2D eigenvalue weighted by atomic mass is 9.99. The van der Waals surface area contributed by atoms with E-state index in [9.17, 15) is 13.2 Å². The summed E-state index contributed by atoms with van der Waals surface area (Å²) < 4.78 is 27.2. The average molecular weight is 420 g/mol. The molecule has 0 bridgehead atoms. The zero-order valence-corrected chi connectivity index (χ0v) is 17.0. The number of thiophene rings is 1. The molecule has 3 N–H and O–H groups in total. The Hall–Kier alpha value is -2.39. The summed E-state index contributed by atoms with van der Waals surface area (Å²) in [7, 11) is -4.01. The Labute approximate surface area is 167 Å². The van der Waals surface area contributed by atoms with E-state index in [1.807, 2.05) is 0 Å². The number of carbonyl (C=O) groups excluding carboxylic acids is 1. The van der Waals surface area contributed by atoms with Gasteiger partial charge in [-0.3, -0.25) is 0 Å². The number of urea groups is 1. The molecule has 1 aromatic carbocycles. The van der Waals surface area contributed by atoms with E-state index in [4.69, 9.17) is 5.21 Å². The molecule has 9 heteroatoms. The molecule has 2 amide bonds. The summed E-state index contributed by atoms with van der Waals surface area (Å²) in [4.78, 5) is 12.5. The third-order valence-corrected chi connectivity index (χ3v) is 8.12. The van der Waals surface area contributed by atoms with Crippen molar-refractivity contribution in [3.05, 3.63) is 45.3 Å². The van der Waals surface area contributed by atoms with Crippen LogP contribution in [0.5, 0.6) is 0 Å². The van der Waals surface area contributed by atoms with Crippen LogP contribution in [0.25, 0.3) is 0 Å². The summed E-state index contributed by atoms with van der Waals surface area (Å²) in [6, 6.07) is 2.88. The number of aryl methyl sites for hydroxylation is 2. The van der Waals surface area contributed by atoms with E-state index in [-0.39, 0.29) is 4.21 Å². The molecule has 1 heterocycles. The SMILES string of the molecule is CC(=NO)c1csc(S(=O)(=O)NC(=O)Nc2c3c(cc4c2CCC4)CCC3)c1. The van der Waals surface area contributed by atoms with Crippen molar-refractivity contribution in [2.45, 2.75) is 49.7 Å². The number of hydrogen-bond acceptors (Lipinski definition) is 6. The third-order valence-electron chi connectivity index (χ3n) is 5.35. The molecule has 148 valence electrons. The number of fused-ring (bicyclic) bond motifs is 2. The third kappa shape index (κ3) is 3.40. The Morgan fingerprint density at radius 1 is 1.11 bits per heavy atom. The van der Waals surface area contributed by atoms with Crippen molar-refractivity contribution in [1.82, 2.24) is 4.72 Å². The fourth-order valence-electron chi connectivity index (χ4n) is 3.98. The van der Waals surface area contributed by atoms with Crippen molar-refractivity contribution in [3.8, 4) is 0 Å². The van der Waals surface area contributed by atoms with Crippen LogP contribution in [0.2, 0.25) is 0 Å². The highest BCUT2D eigenvalue weighted by Gasteiger charge is 2.26. The summed E-state index contributed by atoms with van der Waals surface area (Å²) in [6.45, 7) is 1.56. The van der Waals surface area contributed by atoms with E-state index < -0.39 is 16.1 Å². The smallest absolute Gasteiger partial charge is 0.333 e. The van der Waals surface area contributed by atoms with Gasteiger partial charge in [0, 0.05) is 16.6 Å². The molecule has 0 saturated carbocycles. The van der Waals surface area contributed by atoms with Crippen LogP contribution >= 0.6 is 11.3 Å². The molecule has 4 rings (SSSR count). The van der Waals surface area contributed by atoms with Crippen LogP contribution in [0.4, 0.5) is 10.5 Å². The second-order valence-corrected chi connectivity index (χ2v) is 9.95.